The Kier molecular flexibility index (Phi) is 2.97. The van der Waals surface area contributed by atoms with Gasteiger partial charge < -0.3 is 0 Å². The molecule has 0 amide bonds. The van der Waals surface area contributed by atoms with Crippen LogP contribution in [-0.4, -0.2) is 15.8 Å². The molecule has 3 heteroatoms. The first kappa shape index (κ1) is 8.41. The molecule has 1 aromatic rings. The van der Waals surface area contributed by atoms with Crippen LogP contribution in [0.3, 0.4) is 0 Å². The Morgan fingerprint density at radius 1 is 1.50 bits per heavy atom. The molecular weight excluding hydrogens is 152 g/mol. The van der Waals surface area contributed by atoms with Crippen molar-refractivity contribution in [1.29, 1.82) is 0 Å². The Morgan fingerprint density at radius 3 is 2.75 bits per heavy atom. The Bertz CT molecular complexity index is 300. The van der Waals surface area contributed by atoms with Crippen molar-refractivity contribution < 1.29 is 4.79 Å². The van der Waals surface area contributed by atoms with Crippen LogP contribution in [0.25, 0.3) is 0 Å². The summed E-state index contributed by atoms with van der Waals surface area (Å²) in [6.07, 6.45) is 10.2. The average Bonchev–Trinajstić information content (AvgIpc) is 2.15. The molecule has 0 aromatic carbocycles. The molecule has 0 saturated heterocycles. The molecule has 60 valence electrons. The molecule has 1 heterocycles. The number of carbonyl (C=O) groups excluding carboxylic acids is 1. The van der Waals surface area contributed by atoms with Crippen molar-refractivity contribution in [1.82, 2.24) is 9.97 Å². The zero-order chi connectivity index (χ0) is 8.81. The van der Waals surface area contributed by atoms with Crippen molar-refractivity contribution in [3.05, 3.63) is 24.3 Å². The van der Waals surface area contributed by atoms with Crippen molar-refractivity contribution in [3.63, 3.8) is 0 Å². The van der Waals surface area contributed by atoms with Crippen molar-refractivity contribution >= 4 is 5.78 Å². The lowest BCUT2D eigenvalue weighted by Gasteiger charge is -1.94. The van der Waals surface area contributed by atoms with Crippen LogP contribution in [0.15, 0.2) is 18.7 Å². The number of aromatic nitrogens is 2. The second-order valence-corrected chi connectivity index (χ2v) is 2.25. The highest BCUT2D eigenvalue weighted by atomic mass is 16.1. The van der Waals surface area contributed by atoms with E-state index in [9.17, 15) is 4.79 Å². The monoisotopic (exact) mass is 160 g/mol. The Labute approximate surface area is 70.9 Å². The molecule has 0 aliphatic rings. The van der Waals surface area contributed by atoms with E-state index in [1.165, 1.54) is 18.7 Å². The maximum Gasteiger partial charge on any atom is 0.166 e. The highest BCUT2D eigenvalue weighted by Crippen LogP contribution is 2.00. The van der Waals surface area contributed by atoms with Gasteiger partial charge in [0.2, 0.25) is 0 Å². The Morgan fingerprint density at radius 2 is 2.17 bits per heavy atom. The summed E-state index contributed by atoms with van der Waals surface area (Å²) in [4.78, 5) is 18.7. The van der Waals surface area contributed by atoms with Crippen LogP contribution >= 0.6 is 0 Å². The largest absolute Gasteiger partial charge is 0.294 e. The minimum atomic E-state index is -0.00597. The first-order chi connectivity index (χ1) is 5.84. The SMILES string of the molecule is C#CCCC(=O)c1cncnc1. The van der Waals surface area contributed by atoms with Crippen LogP contribution in [0.2, 0.25) is 0 Å². The minimum Gasteiger partial charge on any atom is -0.294 e. The van der Waals surface area contributed by atoms with Crippen molar-refractivity contribution in [2.45, 2.75) is 12.8 Å². The van der Waals surface area contributed by atoms with Crippen LogP contribution in [0.5, 0.6) is 0 Å². The van der Waals surface area contributed by atoms with Crippen LogP contribution < -0.4 is 0 Å². The fourth-order valence-electron chi connectivity index (χ4n) is 0.773. The van der Waals surface area contributed by atoms with Gasteiger partial charge in [-0.05, 0) is 0 Å². The van der Waals surface area contributed by atoms with E-state index in [4.69, 9.17) is 6.42 Å². The fraction of sp³-hybridized carbons (Fsp3) is 0.222. The summed E-state index contributed by atoms with van der Waals surface area (Å²) in [5, 5.41) is 0. The van der Waals surface area contributed by atoms with E-state index in [1.54, 1.807) is 0 Å². The number of hydrogen-bond acceptors (Lipinski definition) is 3. The van der Waals surface area contributed by atoms with Gasteiger partial charge in [0, 0.05) is 25.2 Å². The number of nitrogens with zero attached hydrogens (tertiary/aromatic N) is 2. The molecule has 0 N–H and O–H groups in total. The van der Waals surface area contributed by atoms with Crippen LogP contribution in [0.4, 0.5) is 0 Å². The van der Waals surface area contributed by atoms with E-state index < -0.39 is 0 Å². The number of rotatable bonds is 3. The highest BCUT2D eigenvalue weighted by molar-refractivity contribution is 5.95. The predicted octanol–water partition coefficient (Wildman–Crippen LogP) is 1.07. The molecule has 0 spiro atoms. The maximum atomic E-state index is 11.2. The molecule has 0 radical (unpaired) electrons. The first-order valence-corrected chi connectivity index (χ1v) is 3.56. The second kappa shape index (κ2) is 4.24. The van der Waals surface area contributed by atoms with E-state index in [0.29, 0.717) is 18.4 Å². The Hall–Kier alpha value is -1.69. The first-order valence-electron chi connectivity index (χ1n) is 3.56. The molecule has 3 nitrogen and oxygen atoms in total. The lowest BCUT2D eigenvalue weighted by molar-refractivity contribution is 0.0983. The molecule has 0 fully saturated rings. The molecule has 1 aromatic heterocycles. The zero-order valence-corrected chi connectivity index (χ0v) is 6.53. The number of terminal acetylenes is 1. The zero-order valence-electron chi connectivity index (χ0n) is 6.53. The van der Waals surface area contributed by atoms with Gasteiger partial charge >= 0.3 is 0 Å². The molecule has 1 rings (SSSR count). The summed E-state index contributed by atoms with van der Waals surface area (Å²) >= 11 is 0. The number of Topliss-reactive ketones (excluding diaryl/α,β-unsaturated/α-hetero) is 1. The molecule has 0 aliphatic carbocycles. The van der Waals surface area contributed by atoms with Gasteiger partial charge in [0.1, 0.15) is 6.33 Å². The smallest absolute Gasteiger partial charge is 0.166 e. The molecule has 0 bridgehead atoms. The molecular formula is C9H8N2O. The van der Waals surface area contributed by atoms with Crippen molar-refractivity contribution in [3.8, 4) is 12.3 Å². The molecule has 0 atom stereocenters. The topological polar surface area (TPSA) is 42.9 Å². The number of carbonyl (C=O) groups is 1. The summed E-state index contributed by atoms with van der Waals surface area (Å²) in [7, 11) is 0. The predicted molar refractivity (Wildman–Crippen MR) is 44.4 cm³/mol. The van der Waals surface area contributed by atoms with Crippen molar-refractivity contribution in [2.75, 3.05) is 0 Å². The number of hydrogen-bond donors (Lipinski definition) is 0. The summed E-state index contributed by atoms with van der Waals surface area (Å²) in [5.74, 6) is 2.40. The van der Waals surface area contributed by atoms with Gasteiger partial charge in [-0.25, -0.2) is 9.97 Å². The van der Waals surface area contributed by atoms with Gasteiger partial charge in [-0.3, -0.25) is 4.79 Å². The summed E-state index contributed by atoms with van der Waals surface area (Å²) in [5.41, 5.74) is 0.521. The number of ketones is 1. The summed E-state index contributed by atoms with van der Waals surface area (Å²) in [6, 6.07) is 0. The quantitative estimate of drug-likeness (QED) is 0.490. The van der Waals surface area contributed by atoms with E-state index in [2.05, 4.69) is 15.9 Å². The third-order valence-electron chi connectivity index (χ3n) is 1.38. The average molecular weight is 160 g/mol. The van der Waals surface area contributed by atoms with E-state index in [1.807, 2.05) is 0 Å². The summed E-state index contributed by atoms with van der Waals surface area (Å²) in [6.45, 7) is 0. The van der Waals surface area contributed by atoms with Crippen LogP contribution in [0.1, 0.15) is 23.2 Å². The lowest BCUT2D eigenvalue weighted by Crippen LogP contribution is -1.99. The van der Waals surface area contributed by atoms with Gasteiger partial charge in [-0.15, -0.1) is 12.3 Å². The summed E-state index contributed by atoms with van der Waals surface area (Å²) < 4.78 is 0. The second-order valence-electron chi connectivity index (χ2n) is 2.25. The standard InChI is InChI=1S/C9H8N2O/c1-2-3-4-9(12)8-5-10-7-11-6-8/h1,5-7H,3-4H2. The maximum absolute atomic E-state index is 11.2. The molecule has 0 unspecified atom stereocenters. The minimum absolute atomic E-state index is 0.00597. The molecule has 0 saturated carbocycles. The lowest BCUT2D eigenvalue weighted by atomic mass is 10.1. The third-order valence-corrected chi connectivity index (χ3v) is 1.38. The van der Waals surface area contributed by atoms with E-state index in [0.717, 1.165) is 0 Å². The highest BCUT2D eigenvalue weighted by Gasteiger charge is 2.03. The van der Waals surface area contributed by atoms with Gasteiger partial charge in [-0.1, -0.05) is 0 Å². The van der Waals surface area contributed by atoms with Gasteiger partial charge in [0.15, 0.2) is 5.78 Å². The van der Waals surface area contributed by atoms with E-state index >= 15 is 0 Å². The van der Waals surface area contributed by atoms with Crippen LogP contribution in [-0.2, 0) is 0 Å². The fourth-order valence-corrected chi connectivity index (χ4v) is 0.773. The van der Waals surface area contributed by atoms with Gasteiger partial charge in [0.05, 0.1) is 5.56 Å². The molecule has 0 aliphatic heterocycles. The van der Waals surface area contributed by atoms with Crippen molar-refractivity contribution in [2.24, 2.45) is 0 Å². The normalized spacial score (nSPS) is 8.92. The Balaban J connectivity index is 2.61. The van der Waals surface area contributed by atoms with Gasteiger partial charge in [0.25, 0.3) is 0 Å². The van der Waals surface area contributed by atoms with E-state index in [-0.39, 0.29) is 5.78 Å². The molecule has 12 heavy (non-hydrogen) atoms. The third kappa shape index (κ3) is 2.17. The van der Waals surface area contributed by atoms with Crippen LogP contribution in [0, 0.1) is 12.3 Å². The van der Waals surface area contributed by atoms with Gasteiger partial charge in [-0.2, -0.15) is 0 Å².